The standard InChI is InChI=1S/C10H21NO2S/c1-11-10(9-4-5-9)8-14(12)7-3-6-13-2/h9-11H,3-8H2,1-2H3. The van der Waals surface area contributed by atoms with Gasteiger partial charge in [-0.2, -0.15) is 0 Å². The fraction of sp³-hybridized carbons (Fsp3) is 1.00. The summed E-state index contributed by atoms with van der Waals surface area (Å²) < 4.78 is 16.6. The molecule has 0 aromatic rings. The average Bonchev–Trinajstić information content (AvgIpc) is 2.98. The molecule has 0 radical (unpaired) electrons. The molecular formula is C10H21NO2S. The Balaban J connectivity index is 2.11. The van der Waals surface area contributed by atoms with Gasteiger partial charge in [-0.15, -0.1) is 0 Å². The average molecular weight is 219 g/mol. The van der Waals surface area contributed by atoms with Gasteiger partial charge in [-0.3, -0.25) is 4.21 Å². The number of hydrogen-bond acceptors (Lipinski definition) is 3. The summed E-state index contributed by atoms with van der Waals surface area (Å²) in [6.45, 7) is 0.722. The van der Waals surface area contributed by atoms with Crippen molar-refractivity contribution in [2.45, 2.75) is 25.3 Å². The number of hydrogen-bond donors (Lipinski definition) is 1. The van der Waals surface area contributed by atoms with E-state index in [4.69, 9.17) is 4.74 Å². The summed E-state index contributed by atoms with van der Waals surface area (Å²) in [6, 6.07) is 0.471. The molecule has 0 bridgehead atoms. The molecule has 0 amide bonds. The molecule has 0 spiro atoms. The van der Waals surface area contributed by atoms with Crippen molar-refractivity contribution in [2.75, 3.05) is 32.3 Å². The number of methoxy groups -OCH3 is 1. The molecule has 14 heavy (non-hydrogen) atoms. The lowest BCUT2D eigenvalue weighted by molar-refractivity contribution is 0.200. The van der Waals surface area contributed by atoms with Crippen molar-refractivity contribution >= 4 is 10.8 Å². The number of ether oxygens (including phenoxy) is 1. The first kappa shape index (κ1) is 12.1. The number of nitrogens with one attached hydrogen (secondary N) is 1. The van der Waals surface area contributed by atoms with Crippen molar-refractivity contribution < 1.29 is 8.95 Å². The van der Waals surface area contributed by atoms with Crippen LogP contribution < -0.4 is 5.32 Å². The first-order valence-corrected chi connectivity index (χ1v) is 6.78. The van der Waals surface area contributed by atoms with Crippen molar-refractivity contribution in [1.29, 1.82) is 0 Å². The maximum atomic E-state index is 11.6. The SMILES string of the molecule is CNC(CS(=O)CCCOC)C1CC1. The van der Waals surface area contributed by atoms with Crippen LogP contribution in [0.3, 0.4) is 0 Å². The van der Waals surface area contributed by atoms with Gasteiger partial charge in [-0.05, 0) is 32.2 Å². The van der Waals surface area contributed by atoms with Gasteiger partial charge in [0.25, 0.3) is 0 Å². The maximum Gasteiger partial charge on any atom is 0.0471 e. The predicted octanol–water partition coefficient (Wildman–Crippen LogP) is 0.770. The molecule has 0 aromatic heterocycles. The molecule has 4 heteroatoms. The third kappa shape index (κ3) is 4.53. The molecule has 1 aliphatic rings. The third-order valence-corrected chi connectivity index (χ3v) is 4.12. The van der Waals surface area contributed by atoms with E-state index in [1.165, 1.54) is 12.8 Å². The second-order valence-corrected chi connectivity index (χ2v) is 5.51. The fourth-order valence-electron chi connectivity index (χ4n) is 1.60. The summed E-state index contributed by atoms with van der Waals surface area (Å²) in [5.74, 6) is 2.37. The molecule has 1 saturated carbocycles. The normalized spacial score (nSPS) is 20.7. The van der Waals surface area contributed by atoms with E-state index < -0.39 is 10.8 Å². The van der Waals surface area contributed by atoms with Gasteiger partial charge in [0.05, 0.1) is 0 Å². The second-order valence-electron chi connectivity index (χ2n) is 3.89. The summed E-state index contributed by atoms with van der Waals surface area (Å²) in [5.41, 5.74) is 0. The van der Waals surface area contributed by atoms with Crippen molar-refractivity contribution in [3.05, 3.63) is 0 Å². The van der Waals surface area contributed by atoms with Crippen LogP contribution in [0.1, 0.15) is 19.3 Å². The molecule has 1 N–H and O–H groups in total. The highest BCUT2D eigenvalue weighted by atomic mass is 32.2. The van der Waals surface area contributed by atoms with Crippen LogP contribution in [-0.4, -0.2) is 42.5 Å². The van der Waals surface area contributed by atoms with E-state index in [2.05, 4.69) is 5.32 Å². The van der Waals surface area contributed by atoms with Gasteiger partial charge in [0.1, 0.15) is 0 Å². The molecule has 0 saturated heterocycles. The number of rotatable bonds is 8. The Morgan fingerprint density at radius 1 is 1.57 bits per heavy atom. The minimum absolute atomic E-state index is 0.471. The van der Waals surface area contributed by atoms with Crippen molar-refractivity contribution in [3.63, 3.8) is 0 Å². The van der Waals surface area contributed by atoms with Gasteiger partial charge in [0.2, 0.25) is 0 Å². The van der Waals surface area contributed by atoms with Crippen molar-refractivity contribution in [1.82, 2.24) is 5.32 Å². The zero-order valence-electron chi connectivity index (χ0n) is 9.12. The second kappa shape index (κ2) is 6.53. The van der Waals surface area contributed by atoms with Crippen LogP contribution in [0.4, 0.5) is 0 Å². The van der Waals surface area contributed by atoms with E-state index in [-0.39, 0.29) is 0 Å². The monoisotopic (exact) mass is 219 g/mol. The van der Waals surface area contributed by atoms with Gasteiger partial charge >= 0.3 is 0 Å². The van der Waals surface area contributed by atoms with E-state index in [0.29, 0.717) is 6.04 Å². The molecule has 3 nitrogen and oxygen atoms in total. The smallest absolute Gasteiger partial charge is 0.0471 e. The molecule has 0 aliphatic heterocycles. The highest BCUT2D eigenvalue weighted by Crippen LogP contribution is 2.32. The Morgan fingerprint density at radius 3 is 2.79 bits per heavy atom. The van der Waals surface area contributed by atoms with Crippen LogP contribution >= 0.6 is 0 Å². The molecule has 0 aromatic carbocycles. The lowest BCUT2D eigenvalue weighted by Gasteiger charge is -2.14. The molecular weight excluding hydrogens is 198 g/mol. The predicted molar refractivity (Wildman–Crippen MR) is 59.9 cm³/mol. The van der Waals surface area contributed by atoms with Crippen LogP contribution in [0.5, 0.6) is 0 Å². The Hall–Kier alpha value is 0.0700. The Labute approximate surface area is 89.1 Å². The van der Waals surface area contributed by atoms with Gasteiger partial charge < -0.3 is 10.1 Å². The fourth-order valence-corrected chi connectivity index (χ4v) is 3.05. The summed E-state index contributed by atoms with van der Waals surface area (Å²) >= 11 is 0. The molecule has 2 atom stereocenters. The minimum atomic E-state index is -0.675. The molecule has 1 rings (SSSR count). The van der Waals surface area contributed by atoms with Crippen LogP contribution in [0.15, 0.2) is 0 Å². The summed E-state index contributed by atoms with van der Waals surface area (Å²) in [5, 5.41) is 3.26. The topological polar surface area (TPSA) is 38.3 Å². The molecule has 84 valence electrons. The highest BCUT2D eigenvalue weighted by molar-refractivity contribution is 7.85. The highest BCUT2D eigenvalue weighted by Gasteiger charge is 2.30. The van der Waals surface area contributed by atoms with Crippen molar-refractivity contribution in [2.24, 2.45) is 5.92 Å². The summed E-state index contributed by atoms with van der Waals surface area (Å²) in [7, 11) is 2.98. The van der Waals surface area contributed by atoms with Crippen LogP contribution in [0.2, 0.25) is 0 Å². The van der Waals surface area contributed by atoms with Crippen LogP contribution in [0.25, 0.3) is 0 Å². The maximum absolute atomic E-state index is 11.6. The van der Waals surface area contributed by atoms with Crippen molar-refractivity contribution in [3.8, 4) is 0 Å². The quantitative estimate of drug-likeness (QED) is 0.613. The first-order chi connectivity index (χ1) is 6.77. The van der Waals surface area contributed by atoms with Crippen LogP contribution in [-0.2, 0) is 15.5 Å². The van der Waals surface area contributed by atoms with Gasteiger partial charge in [-0.25, -0.2) is 0 Å². The molecule has 1 fully saturated rings. The summed E-state index contributed by atoms with van der Waals surface area (Å²) in [6.07, 6.45) is 3.52. The summed E-state index contributed by atoms with van der Waals surface area (Å²) in [4.78, 5) is 0. The lowest BCUT2D eigenvalue weighted by Crippen LogP contribution is -2.33. The largest absolute Gasteiger partial charge is 0.385 e. The zero-order chi connectivity index (χ0) is 10.4. The van der Waals surface area contributed by atoms with E-state index in [0.717, 1.165) is 30.5 Å². The van der Waals surface area contributed by atoms with E-state index in [9.17, 15) is 4.21 Å². The van der Waals surface area contributed by atoms with E-state index in [1.807, 2.05) is 7.05 Å². The van der Waals surface area contributed by atoms with Gasteiger partial charge in [0.15, 0.2) is 0 Å². The first-order valence-electron chi connectivity index (χ1n) is 5.29. The van der Waals surface area contributed by atoms with Gasteiger partial charge in [-0.1, -0.05) is 0 Å². The molecule has 0 heterocycles. The van der Waals surface area contributed by atoms with E-state index in [1.54, 1.807) is 7.11 Å². The molecule has 1 aliphatic carbocycles. The Morgan fingerprint density at radius 2 is 2.29 bits per heavy atom. The zero-order valence-corrected chi connectivity index (χ0v) is 9.94. The van der Waals surface area contributed by atoms with E-state index >= 15 is 0 Å². The Bertz CT molecular complexity index is 183. The van der Waals surface area contributed by atoms with Gasteiger partial charge in [0, 0.05) is 42.1 Å². The van der Waals surface area contributed by atoms with Crippen LogP contribution in [0, 0.1) is 5.92 Å². The Kier molecular flexibility index (Phi) is 5.67. The third-order valence-electron chi connectivity index (χ3n) is 2.65. The minimum Gasteiger partial charge on any atom is -0.385 e. The lowest BCUT2D eigenvalue weighted by atomic mass is 10.2. The molecule has 2 unspecified atom stereocenters.